The minimum atomic E-state index is -1.00. The topological polar surface area (TPSA) is 98.7 Å². The van der Waals surface area contributed by atoms with Gasteiger partial charge in [-0.15, -0.1) is 11.3 Å². The maximum Gasteiger partial charge on any atom is 0.339 e. The molecule has 2 rings (SSSR count). The van der Waals surface area contributed by atoms with Gasteiger partial charge in [0.15, 0.2) is 0 Å². The van der Waals surface area contributed by atoms with Gasteiger partial charge in [0.1, 0.15) is 5.00 Å². The van der Waals surface area contributed by atoms with E-state index in [1.54, 1.807) is 0 Å². The molecule has 1 aromatic heterocycles. The Morgan fingerprint density at radius 2 is 2.00 bits per heavy atom. The van der Waals surface area contributed by atoms with Crippen LogP contribution in [0.25, 0.3) is 0 Å². The van der Waals surface area contributed by atoms with Gasteiger partial charge in [-0.25, -0.2) is 9.59 Å². The molecule has 0 saturated carbocycles. The first-order valence-electron chi connectivity index (χ1n) is 6.17. The fraction of sp³-hybridized carbons (Fsp3) is 0.500. The van der Waals surface area contributed by atoms with Gasteiger partial charge in [0.25, 0.3) is 0 Å². The summed E-state index contributed by atoms with van der Waals surface area (Å²) in [4.78, 5) is 23.9. The van der Waals surface area contributed by atoms with Crippen LogP contribution < -0.4 is 10.6 Å². The van der Waals surface area contributed by atoms with Crippen molar-refractivity contribution in [3.05, 3.63) is 16.0 Å². The highest BCUT2D eigenvalue weighted by Gasteiger charge is 2.25. The molecule has 0 saturated heterocycles. The molecule has 0 aromatic carbocycles. The first-order chi connectivity index (χ1) is 9.13. The number of aliphatic hydroxyl groups excluding tert-OH is 1. The minimum Gasteiger partial charge on any atom is -0.478 e. The number of urea groups is 1. The summed E-state index contributed by atoms with van der Waals surface area (Å²) >= 11 is 1.34. The second kappa shape index (κ2) is 6.03. The van der Waals surface area contributed by atoms with E-state index >= 15 is 0 Å². The number of carbonyl (C=O) groups is 2. The van der Waals surface area contributed by atoms with Crippen molar-refractivity contribution in [1.29, 1.82) is 0 Å². The van der Waals surface area contributed by atoms with Crippen molar-refractivity contribution >= 4 is 28.3 Å². The Balaban J connectivity index is 2.22. The van der Waals surface area contributed by atoms with Gasteiger partial charge in [-0.3, -0.25) is 5.32 Å². The number of aliphatic hydroxyl groups is 1. The normalized spacial score (nSPS) is 13.7. The molecule has 0 radical (unpaired) electrons. The minimum absolute atomic E-state index is 0.138. The Kier molecular flexibility index (Phi) is 4.39. The highest BCUT2D eigenvalue weighted by Crippen LogP contribution is 2.38. The molecule has 1 aromatic rings. The Morgan fingerprint density at radius 3 is 2.68 bits per heavy atom. The van der Waals surface area contributed by atoms with Crippen molar-refractivity contribution in [1.82, 2.24) is 5.32 Å². The number of thiophene rings is 1. The number of aryl methyl sites for hydroxylation is 1. The third-order valence-electron chi connectivity index (χ3n) is 3.01. The molecule has 4 N–H and O–H groups in total. The van der Waals surface area contributed by atoms with Crippen LogP contribution in [0, 0.1) is 0 Å². The lowest BCUT2D eigenvalue weighted by Gasteiger charge is -2.10. The lowest BCUT2D eigenvalue weighted by atomic mass is 9.95. The summed E-state index contributed by atoms with van der Waals surface area (Å²) in [6.07, 6.45) is 3.68. The number of nitrogens with one attached hydrogen (secondary N) is 2. The van der Waals surface area contributed by atoms with Gasteiger partial charge in [0.05, 0.1) is 12.2 Å². The molecule has 0 spiro atoms. The fourth-order valence-electron chi connectivity index (χ4n) is 2.20. The standard InChI is InChI=1S/C12H16N2O4S/c15-6-5-13-12(18)14-10-9(11(16)17)7-3-1-2-4-8(7)19-10/h15H,1-6H2,(H,16,17)(H2,13,14,18). The predicted molar refractivity (Wildman–Crippen MR) is 72.0 cm³/mol. The van der Waals surface area contributed by atoms with Crippen molar-refractivity contribution in [3.8, 4) is 0 Å². The number of aromatic carboxylic acids is 1. The molecule has 2 amide bonds. The van der Waals surface area contributed by atoms with Crippen LogP contribution in [0.15, 0.2) is 0 Å². The van der Waals surface area contributed by atoms with E-state index in [1.165, 1.54) is 11.3 Å². The molecule has 104 valence electrons. The molecule has 0 bridgehead atoms. The first kappa shape index (κ1) is 13.8. The third kappa shape index (κ3) is 3.05. The van der Waals surface area contributed by atoms with E-state index in [0.717, 1.165) is 36.1 Å². The lowest BCUT2D eigenvalue weighted by molar-refractivity contribution is 0.0697. The van der Waals surface area contributed by atoms with Crippen LogP contribution in [0.5, 0.6) is 0 Å². The van der Waals surface area contributed by atoms with E-state index in [0.29, 0.717) is 5.00 Å². The highest BCUT2D eigenvalue weighted by atomic mass is 32.1. The van der Waals surface area contributed by atoms with Gasteiger partial charge in [-0.05, 0) is 31.2 Å². The van der Waals surface area contributed by atoms with Crippen LogP contribution in [-0.2, 0) is 12.8 Å². The van der Waals surface area contributed by atoms with Crippen LogP contribution in [0.2, 0.25) is 0 Å². The van der Waals surface area contributed by atoms with Crippen molar-refractivity contribution in [2.24, 2.45) is 0 Å². The van der Waals surface area contributed by atoms with E-state index in [9.17, 15) is 14.7 Å². The molecule has 1 aliphatic rings. The van der Waals surface area contributed by atoms with Crippen LogP contribution in [0.3, 0.4) is 0 Å². The zero-order valence-corrected chi connectivity index (χ0v) is 11.2. The largest absolute Gasteiger partial charge is 0.478 e. The second-order valence-corrected chi connectivity index (χ2v) is 5.43. The summed E-state index contributed by atoms with van der Waals surface area (Å²) in [5.41, 5.74) is 1.08. The molecule has 0 aliphatic heterocycles. The summed E-state index contributed by atoms with van der Waals surface area (Å²) in [5.74, 6) is -1.00. The molecule has 0 atom stereocenters. The molecular weight excluding hydrogens is 268 g/mol. The number of amides is 2. The molecule has 19 heavy (non-hydrogen) atoms. The quantitative estimate of drug-likeness (QED) is 0.672. The van der Waals surface area contributed by atoms with Crippen molar-refractivity contribution in [2.75, 3.05) is 18.5 Å². The summed E-state index contributed by atoms with van der Waals surface area (Å²) in [7, 11) is 0. The maximum absolute atomic E-state index is 11.5. The number of fused-ring (bicyclic) bond motifs is 1. The number of hydrogen-bond acceptors (Lipinski definition) is 4. The van der Waals surface area contributed by atoms with Crippen molar-refractivity contribution in [3.63, 3.8) is 0 Å². The average Bonchev–Trinajstić information content (AvgIpc) is 2.74. The summed E-state index contributed by atoms with van der Waals surface area (Å²) in [6, 6.07) is -0.491. The van der Waals surface area contributed by atoms with Crippen molar-refractivity contribution < 1.29 is 19.8 Å². The summed E-state index contributed by atoms with van der Waals surface area (Å²) < 4.78 is 0. The van der Waals surface area contributed by atoms with Gasteiger partial charge in [0, 0.05) is 11.4 Å². The Bertz CT molecular complexity index is 498. The Hall–Kier alpha value is -1.60. The maximum atomic E-state index is 11.5. The zero-order valence-electron chi connectivity index (χ0n) is 10.4. The number of rotatable bonds is 4. The number of carboxylic acids is 1. The van der Waals surface area contributed by atoms with E-state index in [2.05, 4.69) is 10.6 Å². The molecular formula is C12H16N2O4S. The monoisotopic (exact) mass is 284 g/mol. The van der Waals surface area contributed by atoms with Gasteiger partial charge in [0.2, 0.25) is 0 Å². The summed E-state index contributed by atoms with van der Waals surface area (Å²) in [5, 5.41) is 23.3. The SMILES string of the molecule is O=C(NCCO)Nc1sc2c(c1C(=O)O)CCCC2. The molecule has 7 heteroatoms. The Morgan fingerprint density at radius 1 is 1.26 bits per heavy atom. The number of carbonyl (C=O) groups excluding carboxylic acids is 1. The van der Waals surface area contributed by atoms with Crippen LogP contribution in [-0.4, -0.2) is 35.4 Å². The van der Waals surface area contributed by atoms with Crippen LogP contribution in [0.1, 0.15) is 33.6 Å². The number of carboxylic acid groups (broad SMARTS) is 1. The highest BCUT2D eigenvalue weighted by molar-refractivity contribution is 7.17. The van der Waals surface area contributed by atoms with E-state index in [-0.39, 0.29) is 18.7 Å². The molecule has 6 nitrogen and oxygen atoms in total. The van der Waals surface area contributed by atoms with Gasteiger partial charge in [-0.2, -0.15) is 0 Å². The van der Waals surface area contributed by atoms with Gasteiger partial charge >= 0.3 is 12.0 Å². The number of hydrogen-bond donors (Lipinski definition) is 4. The predicted octanol–water partition coefficient (Wildman–Crippen LogP) is 1.44. The van der Waals surface area contributed by atoms with E-state index < -0.39 is 12.0 Å². The summed E-state index contributed by atoms with van der Waals surface area (Å²) in [6.45, 7) is -0.0144. The first-order valence-corrected chi connectivity index (χ1v) is 6.98. The average molecular weight is 284 g/mol. The molecule has 0 fully saturated rings. The smallest absolute Gasteiger partial charge is 0.339 e. The molecule has 0 unspecified atom stereocenters. The second-order valence-electron chi connectivity index (χ2n) is 4.32. The molecule has 1 aliphatic carbocycles. The zero-order chi connectivity index (χ0) is 13.8. The van der Waals surface area contributed by atoms with E-state index in [4.69, 9.17) is 5.11 Å². The Labute approximate surface area is 114 Å². The van der Waals surface area contributed by atoms with E-state index in [1.807, 2.05) is 0 Å². The van der Waals surface area contributed by atoms with Gasteiger partial charge < -0.3 is 15.5 Å². The van der Waals surface area contributed by atoms with Crippen LogP contribution in [0.4, 0.5) is 9.80 Å². The third-order valence-corrected chi connectivity index (χ3v) is 4.22. The molecule has 1 heterocycles. The van der Waals surface area contributed by atoms with Crippen LogP contribution >= 0.6 is 11.3 Å². The van der Waals surface area contributed by atoms with Gasteiger partial charge in [-0.1, -0.05) is 0 Å². The van der Waals surface area contributed by atoms with Crippen molar-refractivity contribution in [2.45, 2.75) is 25.7 Å². The number of anilines is 1. The lowest BCUT2D eigenvalue weighted by Crippen LogP contribution is -2.31. The fourth-order valence-corrected chi connectivity index (χ4v) is 3.47.